The van der Waals surface area contributed by atoms with Crippen LogP contribution in [0.2, 0.25) is 10.0 Å². The van der Waals surface area contributed by atoms with Gasteiger partial charge in [-0.3, -0.25) is 9.69 Å². The minimum atomic E-state index is -3.77. The maximum Gasteiger partial charge on any atom is 0.243 e. The van der Waals surface area contributed by atoms with Gasteiger partial charge in [0.05, 0.1) is 27.2 Å². The number of carbonyl (C=O) groups is 1. The molecule has 0 saturated carbocycles. The zero-order chi connectivity index (χ0) is 21.2. The number of nitrogens with zero attached hydrogens (tertiary/aromatic N) is 2. The first-order valence-corrected chi connectivity index (χ1v) is 11.1. The van der Waals surface area contributed by atoms with Crippen molar-refractivity contribution in [2.45, 2.75) is 11.8 Å². The van der Waals surface area contributed by atoms with Gasteiger partial charge in [0.25, 0.3) is 0 Å². The first-order valence-electron chi connectivity index (χ1n) is 8.90. The summed E-state index contributed by atoms with van der Waals surface area (Å²) in [6.45, 7) is 3.25. The molecule has 0 atom stereocenters. The van der Waals surface area contributed by atoms with E-state index < -0.39 is 15.8 Å². The highest BCUT2D eigenvalue weighted by molar-refractivity contribution is 7.89. The van der Waals surface area contributed by atoms with Crippen LogP contribution in [0.25, 0.3) is 0 Å². The Balaban J connectivity index is 1.57. The number of halogens is 3. The van der Waals surface area contributed by atoms with E-state index in [-0.39, 0.29) is 35.5 Å². The van der Waals surface area contributed by atoms with E-state index in [2.05, 4.69) is 5.32 Å². The Kier molecular flexibility index (Phi) is 6.80. The molecule has 1 amide bonds. The number of nitrogens with one attached hydrogen (secondary N) is 1. The van der Waals surface area contributed by atoms with E-state index in [0.717, 1.165) is 17.7 Å². The van der Waals surface area contributed by atoms with Crippen LogP contribution in [-0.2, 0) is 14.8 Å². The van der Waals surface area contributed by atoms with Crippen molar-refractivity contribution in [3.05, 3.63) is 57.8 Å². The Morgan fingerprint density at radius 2 is 1.76 bits per heavy atom. The molecule has 1 fully saturated rings. The molecule has 0 unspecified atom stereocenters. The second-order valence-corrected chi connectivity index (χ2v) is 9.54. The molecule has 2 aromatic rings. The zero-order valence-corrected chi connectivity index (χ0v) is 18.0. The molecule has 0 aliphatic carbocycles. The molecule has 0 spiro atoms. The molecule has 10 heteroatoms. The number of benzene rings is 2. The summed E-state index contributed by atoms with van der Waals surface area (Å²) in [7, 11) is -3.77. The fraction of sp³-hybridized carbons (Fsp3) is 0.316. The third-order valence-electron chi connectivity index (χ3n) is 4.63. The Morgan fingerprint density at radius 3 is 2.38 bits per heavy atom. The molecule has 0 bridgehead atoms. The molecule has 0 radical (unpaired) electrons. The van der Waals surface area contributed by atoms with Crippen LogP contribution in [0.3, 0.4) is 0 Å². The Morgan fingerprint density at radius 1 is 1.07 bits per heavy atom. The predicted molar refractivity (Wildman–Crippen MR) is 111 cm³/mol. The van der Waals surface area contributed by atoms with Crippen LogP contribution < -0.4 is 5.32 Å². The first kappa shape index (κ1) is 22.0. The Hall–Kier alpha value is -1.71. The van der Waals surface area contributed by atoms with Gasteiger partial charge in [-0.1, -0.05) is 29.3 Å². The largest absolute Gasteiger partial charge is 0.324 e. The van der Waals surface area contributed by atoms with E-state index in [1.165, 1.54) is 10.4 Å². The smallest absolute Gasteiger partial charge is 0.243 e. The fourth-order valence-electron chi connectivity index (χ4n) is 3.03. The summed E-state index contributed by atoms with van der Waals surface area (Å²) >= 11 is 11.8. The van der Waals surface area contributed by atoms with Gasteiger partial charge in [-0.15, -0.1) is 0 Å². The molecule has 1 aliphatic rings. The number of aryl methyl sites for hydroxylation is 1. The summed E-state index contributed by atoms with van der Waals surface area (Å²) in [6.07, 6.45) is 0. The van der Waals surface area contributed by atoms with Gasteiger partial charge in [-0.05, 0) is 42.8 Å². The maximum atomic E-state index is 13.3. The third-order valence-corrected chi connectivity index (χ3v) is 7.12. The average molecular weight is 460 g/mol. The predicted octanol–water partition coefficient (Wildman–Crippen LogP) is 3.39. The summed E-state index contributed by atoms with van der Waals surface area (Å²) in [4.78, 5) is 14.1. The number of amides is 1. The van der Waals surface area contributed by atoms with Crippen LogP contribution in [0.15, 0.2) is 41.3 Å². The van der Waals surface area contributed by atoms with Crippen molar-refractivity contribution in [2.24, 2.45) is 0 Å². The molecular weight excluding hydrogens is 440 g/mol. The monoisotopic (exact) mass is 459 g/mol. The molecule has 1 N–H and O–H groups in total. The molecule has 1 saturated heterocycles. The molecule has 6 nitrogen and oxygen atoms in total. The normalized spacial score (nSPS) is 16.0. The summed E-state index contributed by atoms with van der Waals surface area (Å²) in [5.74, 6) is -0.896. The van der Waals surface area contributed by atoms with Crippen molar-refractivity contribution in [3.8, 4) is 0 Å². The number of rotatable bonds is 5. The first-order chi connectivity index (χ1) is 13.7. The molecule has 2 aromatic carbocycles. The van der Waals surface area contributed by atoms with Gasteiger partial charge in [0, 0.05) is 26.2 Å². The van der Waals surface area contributed by atoms with Crippen LogP contribution >= 0.6 is 23.2 Å². The quantitative estimate of drug-likeness (QED) is 0.743. The lowest BCUT2D eigenvalue weighted by Gasteiger charge is -2.33. The second kappa shape index (κ2) is 8.97. The molecule has 1 aliphatic heterocycles. The molecule has 29 heavy (non-hydrogen) atoms. The van der Waals surface area contributed by atoms with Crippen molar-refractivity contribution < 1.29 is 17.6 Å². The SMILES string of the molecule is Cc1ccc(NC(=O)CN2CCN(S(=O)(=O)c3ccc(F)c(Cl)c3)CC2)c(Cl)c1. The summed E-state index contributed by atoms with van der Waals surface area (Å²) < 4.78 is 40.1. The van der Waals surface area contributed by atoms with Crippen LogP contribution in [0.5, 0.6) is 0 Å². The number of carbonyl (C=O) groups excluding carboxylic acids is 1. The van der Waals surface area contributed by atoms with Crippen LogP contribution in [-0.4, -0.2) is 56.3 Å². The standard InChI is InChI=1S/C19H20Cl2FN3O3S/c1-13-2-5-18(16(21)10-13)23-19(26)12-24-6-8-25(9-7-24)29(27,28)14-3-4-17(22)15(20)11-14/h2-5,10-11H,6-9,12H2,1H3,(H,23,26). The highest BCUT2D eigenvalue weighted by Crippen LogP contribution is 2.24. The van der Waals surface area contributed by atoms with Crippen molar-refractivity contribution in [2.75, 3.05) is 38.0 Å². The van der Waals surface area contributed by atoms with Crippen molar-refractivity contribution in [3.63, 3.8) is 0 Å². The van der Waals surface area contributed by atoms with Crippen LogP contribution in [0.1, 0.15) is 5.56 Å². The van der Waals surface area contributed by atoms with Gasteiger partial charge in [-0.25, -0.2) is 12.8 Å². The lowest BCUT2D eigenvalue weighted by molar-refractivity contribution is -0.117. The minimum Gasteiger partial charge on any atom is -0.324 e. The Bertz CT molecular complexity index is 1030. The Labute approximate surface area is 179 Å². The minimum absolute atomic E-state index is 0.0518. The molecule has 3 rings (SSSR count). The van der Waals surface area contributed by atoms with Gasteiger partial charge in [0.15, 0.2) is 0 Å². The van der Waals surface area contributed by atoms with Gasteiger partial charge < -0.3 is 5.32 Å². The summed E-state index contributed by atoms with van der Waals surface area (Å²) in [6, 6.07) is 8.70. The van der Waals surface area contributed by atoms with Crippen LogP contribution in [0.4, 0.5) is 10.1 Å². The highest BCUT2D eigenvalue weighted by Gasteiger charge is 2.29. The topological polar surface area (TPSA) is 69.7 Å². The van der Waals surface area contributed by atoms with Crippen molar-refractivity contribution >= 4 is 44.8 Å². The van der Waals surface area contributed by atoms with E-state index in [0.29, 0.717) is 23.8 Å². The van der Waals surface area contributed by atoms with Crippen molar-refractivity contribution in [1.82, 2.24) is 9.21 Å². The molecule has 0 aromatic heterocycles. The molecule has 156 valence electrons. The lowest BCUT2D eigenvalue weighted by Crippen LogP contribution is -2.50. The fourth-order valence-corrected chi connectivity index (χ4v) is 5.01. The number of anilines is 1. The maximum absolute atomic E-state index is 13.3. The summed E-state index contributed by atoms with van der Waals surface area (Å²) in [5, 5.41) is 2.99. The number of piperazine rings is 1. The van der Waals surface area contributed by atoms with E-state index in [1.807, 2.05) is 17.9 Å². The van der Waals surface area contributed by atoms with Gasteiger partial charge in [0.1, 0.15) is 5.82 Å². The van der Waals surface area contributed by atoms with E-state index in [9.17, 15) is 17.6 Å². The molecular formula is C19H20Cl2FN3O3S. The number of hydrogen-bond donors (Lipinski definition) is 1. The number of hydrogen-bond acceptors (Lipinski definition) is 4. The van der Waals surface area contributed by atoms with E-state index in [1.54, 1.807) is 12.1 Å². The second-order valence-electron chi connectivity index (χ2n) is 6.79. The lowest BCUT2D eigenvalue weighted by atomic mass is 10.2. The third kappa shape index (κ3) is 5.26. The van der Waals surface area contributed by atoms with Crippen molar-refractivity contribution in [1.29, 1.82) is 0 Å². The summed E-state index contributed by atoms with van der Waals surface area (Å²) in [5.41, 5.74) is 1.53. The van der Waals surface area contributed by atoms with Gasteiger partial charge in [-0.2, -0.15) is 4.31 Å². The highest BCUT2D eigenvalue weighted by atomic mass is 35.5. The van der Waals surface area contributed by atoms with E-state index >= 15 is 0 Å². The van der Waals surface area contributed by atoms with E-state index in [4.69, 9.17) is 23.2 Å². The van der Waals surface area contributed by atoms with Gasteiger partial charge >= 0.3 is 0 Å². The average Bonchev–Trinajstić information content (AvgIpc) is 2.66. The van der Waals surface area contributed by atoms with Crippen LogP contribution in [0, 0.1) is 12.7 Å². The number of sulfonamides is 1. The van der Waals surface area contributed by atoms with Gasteiger partial charge in [0.2, 0.25) is 15.9 Å². The zero-order valence-electron chi connectivity index (χ0n) is 15.7. The molecule has 1 heterocycles.